The molecule has 1 saturated heterocycles. The smallest absolute Gasteiger partial charge is 0.315 e. The fourth-order valence-corrected chi connectivity index (χ4v) is 5.66. The summed E-state index contributed by atoms with van der Waals surface area (Å²) in [6.07, 6.45) is -0.757. The van der Waals surface area contributed by atoms with Gasteiger partial charge in [0.05, 0.1) is 25.4 Å². The van der Waals surface area contributed by atoms with E-state index in [-0.39, 0.29) is 37.4 Å². The minimum atomic E-state index is -0.535. The SMILES string of the molecule is CCNC(=O)NCc1ccccc1-c1ccc(C2OC(CSCCO)C(C)C(c3ccc(CO)cc3)O2)cc1. The number of ether oxygens (including phenoxy) is 2. The number of carbonyl (C=O) groups is 1. The van der Waals surface area contributed by atoms with Crippen LogP contribution in [-0.2, 0) is 22.6 Å². The molecule has 1 fully saturated rings. The Morgan fingerprint density at radius 2 is 1.64 bits per heavy atom. The van der Waals surface area contributed by atoms with E-state index >= 15 is 0 Å². The van der Waals surface area contributed by atoms with Crippen LogP contribution in [0.3, 0.4) is 0 Å². The average molecular weight is 551 g/mol. The molecular weight excluding hydrogens is 512 g/mol. The summed E-state index contributed by atoms with van der Waals surface area (Å²) in [6.45, 7) is 5.18. The summed E-state index contributed by atoms with van der Waals surface area (Å²) < 4.78 is 13.0. The van der Waals surface area contributed by atoms with Gasteiger partial charge in [-0.3, -0.25) is 0 Å². The highest BCUT2D eigenvalue weighted by atomic mass is 32.2. The molecule has 1 aliphatic heterocycles. The minimum Gasteiger partial charge on any atom is -0.396 e. The maximum absolute atomic E-state index is 11.9. The molecule has 0 aliphatic carbocycles. The van der Waals surface area contributed by atoms with E-state index in [1.807, 2.05) is 61.5 Å². The van der Waals surface area contributed by atoms with Crippen molar-refractivity contribution in [1.29, 1.82) is 0 Å². The zero-order valence-corrected chi connectivity index (χ0v) is 23.3. The van der Waals surface area contributed by atoms with Gasteiger partial charge in [-0.15, -0.1) is 0 Å². The first kappa shape index (κ1) is 29.1. The largest absolute Gasteiger partial charge is 0.396 e. The number of rotatable bonds is 11. The van der Waals surface area contributed by atoms with Gasteiger partial charge in [0.2, 0.25) is 0 Å². The number of benzene rings is 3. The molecule has 4 rings (SSSR count). The zero-order valence-electron chi connectivity index (χ0n) is 22.5. The zero-order chi connectivity index (χ0) is 27.6. The summed E-state index contributed by atoms with van der Waals surface area (Å²) in [5.74, 6) is 1.53. The number of carbonyl (C=O) groups excluding carboxylic acids is 1. The van der Waals surface area contributed by atoms with E-state index in [1.165, 1.54) is 0 Å². The fraction of sp³-hybridized carbons (Fsp3) is 0.387. The molecule has 208 valence electrons. The van der Waals surface area contributed by atoms with Gasteiger partial charge in [0.1, 0.15) is 0 Å². The Kier molecular flexibility index (Phi) is 10.8. The second kappa shape index (κ2) is 14.5. The Balaban J connectivity index is 1.54. The van der Waals surface area contributed by atoms with Gasteiger partial charge in [-0.2, -0.15) is 11.8 Å². The van der Waals surface area contributed by atoms with E-state index in [0.717, 1.165) is 39.1 Å². The highest BCUT2D eigenvalue weighted by molar-refractivity contribution is 7.99. The van der Waals surface area contributed by atoms with Crippen LogP contribution < -0.4 is 10.6 Å². The minimum absolute atomic E-state index is 0.00495. The Morgan fingerprint density at radius 1 is 0.923 bits per heavy atom. The topological polar surface area (TPSA) is 100 Å². The van der Waals surface area contributed by atoms with Gasteiger partial charge < -0.3 is 30.3 Å². The Labute approximate surface area is 234 Å². The van der Waals surface area contributed by atoms with Crippen LogP contribution in [0.1, 0.15) is 48.5 Å². The van der Waals surface area contributed by atoms with Crippen molar-refractivity contribution in [1.82, 2.24) is 10.6 Å². The second-order valence-corrected chi connectivity index (χ2v) is 10.8. The van der Waals surface area contributed by atoms with Gasteiger partial charge in [0.25, 0.3) is 0 Å². The number of aliphatic hydroxyl groups is 2. The van der Waals surface area contributed by atoms with Crippen molar-refractivity contribution in [2.45, 2.75) is 45.5 Å². The van der Waals surface area contributed by atoms with Gasteiger partial charge >= 0.3 is 6.03 Å². The molecule has 0 spiro atoms. The summed E-state index contributed by atoms with van der Waals surface area (Å²) in [5.41, 5.74) is 5.97. The molecule has 4 atom stereocenters. The summed E-state index contributed by atoms with van der Waals surface area (Å²) in [4.78, 5) is 11.9. The van der Waals surface area contributed by atoms with Gasteiger partial charge in [-0.1, -0.05) is 79.7 Å². The maximum atomic E-state index is 11.9. The molecule has 39 heavy (non-hydrogen) atoms. The molecule has 0 bridgehead atoms. The molecule has 1 aliphatic rings. The molecule has 3 aromatic rings. The molecular formula is C31H38N2O5S. The van der Waals surface area contributed by atoms with E-state index in [1.54, 1.807) is 11.8 Å². The monoisotopic (exact) mass is 550 g/mol. The third-order valence-corrected chi connectivity index (χ3v) is 7.96. The highest BCUT2D eigenvalue weighted by Gasteiger charge is 2.38. The first-order valence-corrected chi connectivity index (χ1v) is 14.6. The molecule has 7 nitrogen and oxygen atoms in total. The number of aliphatic hydroxyl groups excluding tert-OH is 2. The van der Waals surface area contributed by atoms with Crippen LogP contribution in [0.15, 0.2) is 72.8 Å². The first-order chi connectivity index (χ1) is 19.0. The summed E-state index contributed by atoms with van der Waals surface area (Å²) in [5, 5.41) is 24.4. The molecule has 0 aromatic heterocycles. The molecule has 3 aromatic carbocycles. The standard InChI is InChI=1S/C31H38N2O5S/c1-3-32-31(36)33-18-26-6-4-5-7-27(26)23-12-14-25(15-13-23)30-37-28(20-39-17-16-34)21(2)29(38-30)24-10-8-22(19-35)9-11-24/h4-15,21,28-30,34-35H,3,16-20H2,1-2H3,(H2,32,33,36). The van der Waals surface area contributed by atoms with Crippen LogP contribution in [0.4, 0.5) is 4.79 Å². The van der Waals surface area contributed by atoms with Crippen molar-refractivity contribution in [3.05, 3.63) is 95.1 Å². The Bertz CT molecular complexity index is 1190. The van der Waals surface area contributed by atoms with Gasteiger partial charge in [0.15, 0.2) is 6.29 Å². The predicted molar refractivity (Wildman–Crippen MR) is 155 cm³/mol. The Hall–Kier alpha value is -2.88. The van der Waals surface area contributed by atoms with Crippen LogP contribution in [0.5, 0.6) is 0 Å². The van der Waals surface area contributed by atoms with Gasteiger partial charge in [0, 0.05) is 36.1 Å². The number of amides is 2. The molecule has 0 saturated carbocycles. The van der Waals surface area contributed by atoms with E-state index in [2.05, 4.69) is 35.8 Å². The number of hydrogen-bond acceptors (Lipinski definition) is 6. The molecule has 8 heteroatoms. The lowest BCUT2D eigenvalue weighted by molar-refractivity contribution is -0.268. The summed E-state index contributed by atoms with van der Waals surface area (Å²) >= 11 is 1.68. The molecule has 4 N–H and O–H groups in total. The molecule has 2 amide bonds. The van der Waals surface area contributed by atoms with Crippen molar-refractivity contribution in [2.75, 3.05) is 24.7 Å². The van der Waals surface area contributed by atoms with Crippen molar-refractivity contribution >= 4 is 17.8 Å². The van der Waals surface area contributed by atoms with E-state index in [4.69, 9.17) is 9.47 Å². The lowest BCUT2D eigenvalue weighted by Gasteiger charge is -2.41. The number of thioether (sulfide) groups is 1. The van der Waals surface area contributed by atoms with E-state index in [9.17, 15) is 15.0 Å². The van der Waals surface area contributed by atoms with Crippen molar-refractivity contribution in [3.63, 3.8) is 0 Å². The first-order valence-electron chi connectivity index (χ1n) is 13.4. The van der Waals surface area contributed by atoms with Crippen molar-refractivity contribution < 1.29 is 24.5 Å². The van der Waals surface area contributed by atoms with Crippen molar-refractivity contribution in [3.8, 4) is 11.1 Å². The van der Waals surface area contributed by atoms with Crippen LogP contribution in [-0.4, -0.2) is 47.0 Å². The van der Waals surface area contributed by atoms with Gasteiger partial charge in [-0.05, 0) is 34.7 Å². The van der Waals surface area contributed by atoms with Crippen LogP contribution in [0.2, 0.25) is 0 Å². The summed E-state index contributed by atoms with van der Waals surface area (Å²) in [7, 11) is 0. The molecule has 1 heterocycles. The average Bonchev–Trinajstić information content (AvgIpc) is 2.97. The van der Waals surface area contributed by atoms with Crippen molar-refractivity contribution in [2.24, 2.45) is 5.92 Å². The molecule has 0 radical (unpaired) electrons. The lowest BCUT2D eigenvalue weighted by atomic mass is 9.91. The number of hydrogen-bond donors (Lipinski definition) is 4. The predicted octanol–water partition coefficient (Wildman–Crippen LogP) is 5.18. The maximum Gasteiger partial charge on any atom is 0.315 e. The Morgan fingerprint density at radius 3 is 2.33 bits per heavy atom. The fourth-order valence-electron chi connectivity index (χ4n) is 4.75. The summed E-state index contributed by atoms with van der Waals surface area (Å²) in [6, 6.07) is 23.9. The molecule has 4 unspecified atom stereocenters. The van der Waals surface area contributed by atoms with Crippen LogP contribution >= 0.6 is 11.8 Å². The number of nitrogens with one attached hydrogen (secondary N) is 2. The van der Waals surface area contributed by atoms with Crippen LogP contribution in [0, 0.1) is 5.92 Å². The third kappa shape index (κ3) is 7.62. The quantitative estimate of drug-likeness (QED) is 0.246. The second-order valence-electron chi connectivity index (χ2n) is 9.61. The normalized spacial score (nSPS) is 20.9. The van der Waals surface area contributed by atoms with E-state index in [0.29, 0.717) is 18.8 Å². The number of urea groups is 1. The van der Waals surface area contributed by atoms with Gasteiger partial charge in [-0.25, -0.2) is 4.79 Å². The van der Waals surface area contributed by atoms with E-state index < -0.39 is 6.29 Å². The lowest BCUT2D eigenvalue weighted by Crippen LogP contribution is -2.38. The highest BCUT2D eigenvalue weighted by Crippen LogP contribution is 2.42. The third-order valence-electron chi connectivity index (χ3n) is 6.93. The van der Waals surface area contributed by atoms with Crippen LogP contribution in [0.25, 0.3) is 11.1 Å².